The Balaban J connectivity index is 2.55. The Kier molecular flexibility index (Phi) is 5.79. The number of carbonyl (C=O) groups is 2. The standard InChI is InChI=1S/C14H25NO4/c1-3-7-14(8-4-2)9-15(10-14)11(13(18)19)5-6-12(16)17/h11H,3-10H2,1-2H3,(H,16,17)(H,18,19). The molecule has 1 aliphatic heterocycles. The average molecular weight is 271 g/mol. The summed E-state index contributed by atoms with van der Waals surface area (Å²) in [5.74, 6) is -1.83. The smallest absolute Gasteiger partial charge is 0.320 e. The molecule has 0 amide bonds. The summed E-state index contributed by atoms with van der Waals surface area (Å²) >= 11 is 0. The largest absolute Gasteiger partial charge is 0.481 e. The molecule has 0 aromatic rings. The first-order valence-electron chi connectivity index (χ1n) is 7.13. The molecule has 0 aromatic heterocycles. The Morgan fingerprint density at radius 1 is 1.16 bits per heavy atom. The van der Waals surface area contributed by atoms with E-state index in [1.54, 1.807) is 0 Å². The van der Waals surface area contributed by atoms with Gasteiger partial charge in [0.05, 0.1) is 0 Å². The lowest BCUT2D eigenvalue weighted by molar-refractivity contribution is -0.151. The number of aliphatic carboxylic acids is 2. The van der Waals surface area contributed by atoms with Gasteiger partial charge in [-0.15, -0.1) is 0 Å². The highest BCUT2D eigenvalue weighted by molar-refractivity contribution is 5.75. The van der Waals surface area contributed by atoms with Crippen LogP contribution in [0.2, 0.25) is 0 Å². The van der Waals surface area contributed by atoms with E-state index in [0.29, 0.717) is 0 Å². The molecule has 1 fully saturated rings. The summed E-state index contributed by atoms with van der Waals surface area (Å²) in [5.41, 5.74) is 0.264. The van der Waals surface area contributed by atoms with Crippen LogP contribution < -0.4 is 0 Å². The minimum atomic E-state index is -0.930. The maximum absolute atomic E-state index is 11.2. The van der Waals surface area contributed by atoms with Crippen molar-refractivity contribution in [2.45, 2.75) is 58.4 Å². The second kappa shape index (κ2) is 6.89. The molecular weight excluding hydrogens is 246 g/mol. The summed E-state index contributed by atoms with van der Waals surface area (Å²) in [7, 11) is 0. The van der Waals surface area contributed by atoms with E-state index in [9.17, 15) is 14.7 Å². The maximum atomic E-state index is 11.2. The van der Waals surface area contributed by atoms with Gasteiger partial charge < -0.3 is 10.2 Å². The Morgan fingerprint density at radius 3 is 2.05 bits per heavy atom. The molecule has 110 valence electrons. The Hall–Kier alpha value is -1.10. The number of likely N-dealkylation sites (tertiary alicyclic amines) is 1. The summed E-state index contributed by atoms with van der Waals surface area (Å²) in [4.78, 5) is 23.7. The van der Waals surface area contributed by atoms with E-state index < -0.39 is 18.0 Å². The van der Waals surface area contributed by atoms with Gasteiger partial charge in [0.2, 0.25) is 0 Å². The van der Waals surface area contributed by atoms with Gasteiger partial charge in [-0.05, 0) is 24.7 Å². The van der Waals surface area contributed by atoms with Crippen molar-refractivity contribution in [3.8, 4) is 0 Å². The average Bonchev–Trinajstić information content (AvgIpc) is 2.26. The lowest BCUT2D eigenvalue weighted by atomic mass is 9.72. The number of carboxylic acid groups (broad SMARTS) is 2. The first-order valence-corrected chi connectivity index (χ1v) is 7.13. The van der Waals surface area contributed by atoms with Crippen molar-refractivity contribution in [2.75, 3.05) is 13.1 Å². The van der Waals surface area contributed by atoms with Crippen LogP contribution in [-0.2, 0) is 9.59 Å². The zero-order valence-corrected chi connectivity index (χ0v) is 11.9. The molecule has 1 unspecified atom stereocenters. The van der Waals surface area contributed by atoms with Gasteiger partial charge in [-0.3, -0.25) is 14.5 Å². The number of hydrogen-bond donors (Lipinski definition) is 2. The molecule has 1 aliphatic rings. The van der Waals surface area contributed by atoms with Crippen molar-refractivity contribution in [3.05, 3.63) is 0 Å². The summed E-state index contributed by atoms with van der Waals surface area (Å²) in [6.07, 6.45) is 4.59. The van der Waals surface area contributed by atoms with Gasteiger partial charge in [0.15, 0.2) is 0 Å². The predicted molar refractivity (Wildman–Crippen MR) is 72.1 cm³/mol. The SMILES string of the molecule is CCCC1(CCC)CN(C(CCC(=O)O)C(=O)O)C1. The zero-order chi connectivity index (χ0) is 14.5. The van der Waals surface area contributed by atoms with Gasteiger partial charge >= 0.3 is 11.9 Å². The molecule has 1 heterocycles. The molecule has 0 radical (unpaired) electrons. The number of hydrogen-bond acceptors (Lipinski definition) is 3. The van der Waals surface area contributed by atoms with Crippen LogP contribution in [-0.4, -0.2) is 46.2 Å². The van der Waals surface area contributed by atoms with E-state index in [4.69, 9.17) is 5.11 Å². The minimum absolute atomic E-state index is 0.0813. The second-order valence-electron chi connectivity index (χ2n) is 5.69. The monoisotopic (exact) mass is 271 g/mol. The third-order valence-corrected chi connectivity index (χ3v) is 4.00. The van der Waals surface area contributed by atoms with Crippen LogP contribution in [0, 0.1) is 5.41 Å². The molecule has 5 heteroatoms. The molecule has 0 spiro atoms. The minimum Gasteiger partial charge on any atom is -0.481 e. The molecule has 1 rings (SSSR count). The van der Waals surface area contributed by atoms with Crippen LogP contribution in [0.1, 0.15) is 52.4 Å². The van der Waals surface area contributed by atoms with Crippen molar-refractivity contribution >= 4 is 11.9 Å². The highest BCUT2D eigenvalue weighted by atomic mass is 16.4. The molecule has 0 bridgehead atoms. The predicted octanol–water partition coefficient (Wildman–Crippen LogP) is 2.21. The molecule has 1 saturated heterocycles. The van der Waals surface area contributed by atoms with Gasteiger partial charge in [0.25, 0.3) is 0 Å². The van der Waals surface area contributed by atoms with Crippen molar-refractivity contribution in [1.29, 1.82) is 0 Å². The number of rotatable bonds is 9. The topological polar surface area (TPSA) is 77.8 Å². The van der Waals surface area contributed by atoms with E-state index in [1.165, 1.54) is 0 Å². The zero-order valence-electron chi connectivity index (χ0n) is 11.9. The molecule has 0 aliphatic carbocycles. The van der Waals surface area contributed by atoms with Gasteiger partial charge in [0, 0.05) is 19.5 Å². The summed E-state index contributed by atoms with van der Waals surface area (Å²) in [6, 6.07) is -0.641. The highest BCUT2D eigenvalue weighted by Gasteiger charge is 2.45. The van der Waals surface area contributed by atoms with Crippen LogP contribution in [0.3, 0.4) is 0 Å². The Morgan fingerprint density at radius 2 is 1.68 bits per heavy atom. The van der Waals surface area contributed by atoms with Gasteiger partial charge in [-0.25, -0.2) is 0 Å². The molecule has 5 nitrogen and oxygen atoms in total. The molecular formula is C14H25NO4. The molecule has 2 N–H and O–H groups in total. The van der Waals surface area contributed by atoms with Crippen LogP contribution in [0.25, 0.3) is 0 Å². The fourth-order valence-corrected chi connectivity index (χ4v) is 3.26. The fourth-order valence-electron chi connectivity index (χ4n) is 3.26. The third kappa shape index (κ3) is 4.20. The number of nitrogens with zero attached hydrogens (tertiary/aromatic N) is 1. The van der Waals surface area contributed by atoms with Crippen molar-refractivity contribution < 1.29 is 19.8 Å². The van der Waals surface area contributed by atoms with Crippen molar-refractivity contribution in [3.63, 3.8) is 0 Å². The summed E-state index contributed by atoms with van der Waals surface area (Å²) < 4.78 is 0. The normalized spacial score (nSPS) is 19.7. The lowest BCUT2D eigenvalue weighted by Gasteiger charge is -2.53. The fraction of sp³-hybridized carbons (Fsp3) is 0.857. The second-order valence-corrected chi connectivity index (χ2v) is 5.69. The van der Waals surface area contributed by atoms with E-state index in [-0.39, 0.29) is 18.3 Å². The number of carboxylic acids is 2. The molecule has 0 aromatic carbocycles. The molecule has 0 saturated carbocycles. The van der Waals surface area contributed by atoms with Crippen molar-refractivity contribution in [2.24, 2.45) is 5.41 Å². The van der Waals surface area contributed by atoms with Crippen LogP contribution in [0.5, 0.6) is 0 Å². The summed E-state index contributed by atoms with van der Waals surface area (Å²) in [6.45, 7) is 5.90. The lowest BCUT2D eigenvalue weighted by Crippen LogP contribution is -2.61. The third-order valence-electron chi connectivity index (χ3n) is 4.00. The van der Waals surface area contributed by atoms with E-state index >= 15 is 0 Å². The van der Waals surface area contributed by atoms with Crippen LogP contribution >= 0.6 is 0 Å². The van der Waals surface area contributed by atoms with E-state index in [0.717, 1.165) is 38.8 Å². The highest BCUT2D eigenvalue weighted by Crippen LogP contribution is 2.41. The quantitative estimate of drug-likeness (QED) is 0.672. The van der Waals surface area contributed by atoms with Gasteiger partial charge in [-0.1, -0.05) is 26.7 Å². The van der Waals surface area contributed by atoms with Gasteiger partial charge in [-0.2, -0.15) is 0 Å². The maximum Gasteiger partial charge on any atom is 0.320 e. The van der Waals surface area contributed by atoms with Crippen LogP contribution in [0.15, 0.2) is 0 Å². The first-order chi connectivity index (χ1) is 8.94. The van der Waals surface area contributed by atoms with Crippen LogP contribution in [0.4, 0.5) is 0 Å². The molecule has 1 atom stereocenters. The first kappa shape index (κ1) is 16.0. The summed E-state index contributed by atoms with van der Waals surface area (Å²) in [5, 5.41) is 17.9. The Labute approximate surface area is 114 Å². The van der Waals surface area contributed by atoms with Gasteiger partial charge in [0.1, 0.15) is 6.04 Å². The Bertz CT molecular complexity index is 315. The van der Waals surface area contributed by atoms with E-state index in [2.05, 4.69) is 13.8 Å². The van der Waals surface area contributed by atoms with Crippen molar-refractivity contribution in [1.82, 2.24) is 4.90 Å². The molecule has 19 heavy (non-hydrogen) atoms. The van der Waals surface area contributed by atoms with E-state index in [1.807, 2.05) is 4.90 Å².